The van der Waals surface area contributed by atoms with E-state index in [2.05, 4.69) is 66.1 Å². The van der Waals surface area contributed by atoms with Crippen LogP contribution in [0.2, 0.25) is 0 Å². The van der Waals surface area contributed by atoms with Crippen LogP contribution in [0.1, 0.15) is 28.4 Å². The zero-order valence-corrected chi connectivity index (χ0v) is 26.6. The van der Waals surface area contributed by atoms with Crippen molar-refractivity contribution in [2.24, 2.45) is 4.99 Å². The van der Waals surface area contributed by atoms with E-state index in [1.54, 1.807) is 38.2 Å². The number of hydrogen-bond donors (Lipinski definition) is 0. The minimum Gasteiger partial charge on any atom is -0.487 e. The predicted molar refractivity (Wildman–Crippen MR) is 168 cm³/mol. The molecule has 0 aliphatic carbocycles. The molecular weight excluding hydrogens is 782 g/mol. The first-order chi connectivity index (χ1) is 17.7. The topological polar surface area (TPSA) is 68.2 Å². The third-order valence-electron chi connectivity index (χ3n) is 5.22. The maximum absolute atomic E-state index is 12.9. The zero-order chi connectivity index (χ0) is 26.5. The number of hydrogen-bond acceptors (Lipinski definition) is 6. The van der Waals surface area contributed by atoms with Crippen LogP contribution in [0, 0.1) is 7.14 Å². The summed E-state index contributed by atoms with van der Waals surface area (Å²) in [5.41, 5.74) is 3.10. The number of ether oxygens (including phenoxy) is 2. The average molecular weight is 803 g/mol. The summed E-state index contributed by atoms with van der Waals surface area (Å²) in [5, 5.41) is 0.568. The van der Waals surface area contributed by atoms with Gasteiger partial charge in [-0.05, 0) is 130 Å². The Morgan fingerprint density at radius 1 is 1.08 bits per heavy atom. The fourth-order valence-electron chi connectivity index (χ4n) is 3.34. The number of halogens is 3. The van der Waals surface area contributed by atoms with E-state index in [4.69, 9.17) is 9.47 Å². The van der Waals surface area contributed by atoms with Crippen LogP contribution in [0.25, 0.3) is 6.08 Å². The number of rotatable bonds is 7. The number of esters is 1. The Morgan fingerprint density at radius 2 is 1.73 bits per heavy atom. The minimum atomic E-state index is -0.372. The molecule has 0 N–H and O–H groups in total. The largest absolute Gasteiger partial charge is 0.487 e. The fraction of sp³-hybridized carbons (Fsp3) is 0.148. The molecule has 0 radical (unpaired) electrons. The van der Waals surface area contributed by atoms with Gasteiger partial charge in [0.05, 0.1) is 29.9 Å². The van der Waals surface area contributed by atoms with Crippen molar-refractivity contribution in [2.45, 2.75) is 13.5 Å². The van der Waals surface area contributed by atoms with Crippen molar-refractivity contribution in [3.05, 3.63) is 93.9 Å². The number of carbonyl (C=O) groups excluding carboxylic acids is 2. The molecule has 3 aromatic rings. The molecule has 6 nitrogen and oxygen atoms in total. The smallest absolute Gasteiger partial charge is 0.338 e. The van der Waals surface area contributed by atoms with E-state index in [1.807, 2.05) is 42.5 Å². The van der Waals surface area contributed by atoms with Crippen LogP contribution in [-0.2, 0) is 16.1 Å². The normalized spacial score (nSPS) is 15.5. The van der Waals surface area contributed by atoms with E-state index in [0.29, 0.717) is 34.5 Å². The highest BCUT2D eigenvalue weighted by Gasteiger charge is 2.30. The van der Waals surface area contributed by atoms with Gasteiger partial charge in [-0.3, -0.25) is 9.69 Å². The average Bonchev–Trinajstić information content (AvgIpc) is 3.12. The number of benzene rings is 3. The predicted octanol–water partition coefficient (Wildman–Crippen LogP) is 7.65. The Labute approximate surface area is 255 Å². The molecular formula is C27H21BrI2N2O4S. The summed E-state index contributed by atoms with van der Waals surface area (Å²) in [6.45, 7) is 2.56. The maximum atomic E-state index is 12.9. The molecule has 0 saturated carbocycles. The van der Waals surface area contributed by atoms with E-state index < -0.39 is 0 Å². The number of amidine groups is 1. The van der Waals surface area contributed by atoms with E-state index >= 15 is 0 Å². The maximum Gasteiger partial charge on any atom is 0.338 e. The summed E-state index contributed by atoms with van der Waals surface area (Å²) in [7, 11) is 1.70. The molecule has 190 valence electrons. The Balaban J connectivity index is 1.49. The lowest BCUT2D eigenvalue weighted by Gasteiger charge is -2.12. The van der Waals surface area contributed by atoms with Crippen molar-refractivity contribution < 1.29 is 19.1 Å². The van der Waals surface area contributed by atoms with Crippen LogP contribution in [0.15, 0.2) is 75.0 Å². The van der Waals surface area contributed by atoms with Crippen LogP contribution in [0.5, 0.6) is 5.75 Å². The van der Waals surface area contributed by atoms with Crippen molar-refractivity contribution in [2.75, 3.05) is 13.7 Å². The quantitative estimate of drug-likeness (QED) is 0.140. The van der Waals surface area contributed by atoms with Gasteiger partial charge in [-0.25, -0.2) is 9.79 Å². The van der Waals surface area contributed by atoms with E-state index in [1.165, 1.54) is 16.7 Å². The molecule has 0 bridgehead atoms. The number of nitrogens with zero attached hydrogens (tertiary/aromatic N) is 2. The molecule has 1 aliphatic rings. The molecule has 1 heterocycles. The van der Waals surface area contributed by atoms with Crippen LogP contribution in [-0.4, -0.2) is 35.6 Å². The standard InChI is InChI=1S/C27H21BrI2N2O4S/c1-3-35-26(34)18-6-10-20(11-7-18)31-27-32(2)25(33)23(37-27)14-17-12-21(29)24(22(30)13-17)36-15-16-4-8-19(28)9-5-16/h4-14H,3,15H2,1-2H3/b23-14+,31-27?. The SMILES string of the molecule is CCOC(=O)c1ccc(N=C2S/C(=C/c3cc(I)c(OCc4ccc(Br)cc4)c(I)c3)C(=O)N2C)cc1. The molecule has 0 spiro atoms. The summed E-state index contributed by atoms with van der Waals surface area (Å²) in [6.07, 6.45) is 1.87. The highest BCUT2D eigenvalue weighted by molar-refractivity contribution is 14.1. The molecule has 0 unspecified atom stereocenters. The minimum absolute atomic E-state index is 0.118. The first-order valence-electron chi connectivity index (χ1n) is 11.1. The van der Waals surface area contributed by atoms with Gasteiger partial charge in [0.25, 0.3) is 5.91 Å². The van der Waals surface area contributed by atoms with Gasteiger partial charge in [-0.2, -0.15) is 0 Å². The molecule has 4 rings (SSSR count). The Bertz CT molecular complexity index is 1370. The second-order valence-electron chi connectivity index (χ2n) is 7.87. The molecule has 37 heavy (non-hydrogen) atoms. The fourth-order valence-corrected chi connectivity index (χ4v) is 6.72. The lowest BCUT2D eigenvalue weighted by Crippen LogP contribution is -2.23. The van der Waals surface area contributed by atoms with Crippen molar-refractivity contribution in [3.8, 4) is 5.75 Å². The van der Waals surface area contributed by atoms with Gasteiger partial charge in [-0.1, -0.05) is 28.1 Å². The van der Waals surface area contributed by atoms with Gasteiger partial charge < -0.3 is 9.47 Å². The molecule has 0 aromatic heterocycles. The van der Waals surface area contributed by atoms with E-state index in [0.717, 1.165) is 28.5 Å². The van der Waals surface area contributed by atoms with Gasteiger partial charge in [0.2, 0.25) is 0 Å². The van der Waals surface area contributed by atoms with Gasteiger partial charge in [-0.15, -0.1) is 0 Å². The Morgan fingerprint density at radius 3 is 2.35 bits per heavy atom. The second-order valence-corrected chi connectivity index (χ2v) is 12.1. The van der Waals surface area contributed by atoms with E-state index in [-0.39, 0.29) is 11.9 Å². The second kappa shape index (κ2) is 12.8. The lowest BCUT2D eigenvalue weighted by molar-refractivity contribution is -0.121. The molecule has 1 fully saturated rings. The van der Waals surface area contributed by atoms with Gasteiger partial charge in [0.1, 0.15) is 12.4 Å². The van der Waals surface area contributed by atoms with Crippen LogP contribution >= 0.6 is 72.9 Å². The number of carbonyl (C=O) groups is 2. The molecule has 1 amide bonds. The molecule has 1 saturated heterocycles. The molecule has 0 atom stereocenters. The third kappa shape index (κ3) is 7.15. The molecule has 10 heteroatoms. The van der Waals surface area contributed by atoms with Crippen LogP contribution < -0.4 is 4.74 Å². The lowest BCUT2D eigenvalue weighted by atomic mass is 10.2. The highest BCUT2D eigenvalue weighted by atomic mass is 127. The molecule has 3 aromatic carbocycles. The Kier molecular flexibility index (Phi) is 9.70. The van der Waals surface area contributed by atoms with Crippen molar-refractivity contribution >= 4 is 102 Å². The van der Waals surface area contributed by atoms with Crippen LogP contribution in [0.4, 0.5) is 5.69 Å². The third-order valence-corrected chi connectivity index (χ3v) is 8.41. The Hall–Kier alpha value is -1.90. The first-order valence-corrected chi connectivity index (χ1v) is 14.9. The highest BCUT2D eigenvalue weighted by Crippen LogP contribution is 2.35. The van der Waals surface area contributed by atoms with Gasteiger partial charge >= 0.3 is 5.97 Å². The number of likely N-dealkylation sites (N-methyl/N-ethyl adjacent to an activating group) is 1. The van der Waals surface area contributed by atoms with Gasteiger partial charge in [0, 0.05) is 11.5 Å². The number of thioether (sulfide) groups is 1. The molecule has 1 aliphatic heterocycles. The van der Waals surface area contributed by atoms with Crippen LogP contribution in [0.3, 0.4) is 0 Å². The summed E-state index contributed by atoms with van der Waals surface area (Å²) >= 11 is 9.29. The number of amides is 1. The summed E-state index contributed by atoms with van der Waals surface area (Å²) in [4.78, 5) is 31.5. The summed E-state index contributed by atoms with van der Waals surface area (Å²) in [5.74, 6) is 0.332. The zero-order valence-electron chi connectivity index (χ0n) is 19.8. The summed E-state index contributed by atoms with van der Waals surface area (Å²) in [6, 6.07) is 18.8. The summed E-state index contributed by atoms with van der Waals surface area (Å²) < 4.78 is 14.1. The first kappa shape index (κ1) is 28.1. The van der Waals surface area contributed by atoms with Crippen molar-refractivity contribution in [3.63, 3.8) is 0 Å². The van der Waals surface area contributed by atoms with E-state index in [9.17, 15) is 9.59 Å². The number of aliphatic imine (C=N–C) groups is 1. The van der Waals surface area contributed by atoms with Crippen molar-refractivity contribution in [1.82, 2.24) is 4.90 Å². The van der Waals surface area contributed by atoms with Gasteiger partial charge in [0.15, 0.2) is 5.17 Å². The monoisotopic (exact) mass is 802 g/mol. The van der Waals surface area contributed by atoms with Crippen molar-refractivity contribution in [1.29, 1.82) is 0 Å².